The van der Waals surface area contributed by atoms with E-state index in [0.29, 0.717) is 11.5 Å². The number of aromatic amines is 1. The Morgan fingerprint density at radius 1 is 1.35 bits per heavy atom. The van der Waals surface area contributed by atoms with E-state index in [1.807, 2.05) is 12.1 Å². The molecule has 3 rings (SSSR count). The maximum Gasteiger partial charge on any atom is 0.278 e. The van der Waals surface area contributed by atoms with Crippen LogP contribution in [-0.2, 0) is 16.4 Å². The van der Waals surface area contributed by atoms with Crippen LogP contribution in [0, 0.1) is 6.92 Å². The van der Waals surface area contributed by atoms with Crippen LogP contribution in [0.3, 0.4) is 0 Å². The maximum absolute atomic E-state index is 12.2. The van der Waals surface area contributed by atoms with E-state index in [0.717, 1.165) is 30.6 Å². The number of H-pyrrole nitrogens is 1. The Labute approximate surface area is 117 Å². The minimum atomic E-state index is -3.61. The second kappa shape index (κ2) is 4.82. The molecule has 0 spiro atoms. The molecule has 6 nitrogen and oxygen atoms in total. The van der Waals surface area contributed by atoms with E-state index in [4.69, 9.17) is 0 Å². The number of anilines is 2. The monoisotopic (exact) mass is 292 g/mol. The van der Waals surface area contributed by atoms with Crippen molar-refractivity contribution < 1.29 is 8.42 Å². The van der Waals surface area contributed by atoms with Gasteiger partial charge < -0.3 is 10.3 Å². The van der Waals surface area contributed by atoms with E-state index in [-0.39, 0.29) is 5.03 Å². The van der Waals surface area contributed by atoms with Gasteiger partial charge in [-0.05, 0) is 43.5 Å². The van der Waals surface area contributed by atoms with Crippen molar-refractivity contribution in [3.63, 3.8) is 0 Å². The number of sulfonamides is 1. The quantitative estimate of drug-likeness (QED) is 0.806. The van der Waals surface area contributed by atoms with Crippen LogP contribution in [0.5, 0.6) is 0 Å². The van der Waals surface area contributed by atoms with Gasteiger partial charge >= 0.3 is 0 Å². The van der Waals surface area contributed by atoms with Crippen molar-refractivity contribution >= 4 is 21.4 Å². The standard InChI is InChI=1S/C13H16N4O2S/c1-9-15-8-13(16-9)20(18,19)17-11-4-5-12-10(7-11)3-2-6-14-12/h4-5,7-8,14,17H,2-3,6H2,1H3,(H,15,16). The summed E-state index contributed by atoms with van der Waals surface area (Å²) in [4.78, 5) is 6.64. The second-order valence-electron chi connectivity index (χ2n) is 4.84. The average Bonchev–Trinajstić information content (AvgIpc) is 2.86. The lowest BCUT2D eigenvalue weighted by Crippen LogP contribution is -2.15. The summed E-state index contributed by atoms with van der Waals surface area (Å²) in [5.41, 5.74) is 2.79. The third-order valence-corrected chi connectivity index (χ3v) is 4.56. The van der Waals surface area contributed by atoms with Gasteiger partial charge in [0, 0.05) is 17.9 Å². The zero-order valence-corrected chi connectivity index (χ0v) is 11.9. The maximum atomic E-state index is 12.2. The van der Waals surface area contributed by atoms with Crippen LogP contribution < -0.4 is 10.0 Å². The van der Waals surface area contributed by atoms with Gasteiger partial charge in [0.15, 0.2) is 5.03 Å². The Morgan fingerprint density at radius 3 is 2.95 bits per heavy atom. The van der Waals surface area contributed by atoms with Crippen molar-refractivity contribution in [1.29, 1.82) is 0 Å². The Morgan fingerprint density at radius 2 is 2.20 bits per heavy atom. The molecular weight excluding hydrogens is 276 g/mol. The molecule has 2 aromatic rings. The molecule has 1 aromatic heterocycles. The van der Waals surface area contributed by atoms with E-state index in [2.05, 4.69) is 20.0 Å². The third kappa shape index (κ3) is 2.49. The highest BCUT2D eigenvalue weighted by molar-refractivity contribution is 7.92. The number of aryl methyl sites for hydroxylation is 2. The van der Waals surface area contributed by atoms with Crippen molar-refractivity contribution in [1.82, 2.24) is 9.97 Å². The summed E-state index contributed by atoms with van der Waals surface area (Å²) >= 11 is 0. The fraction of sp³-hybridized carbons (Fsp3) is 0.308. The molecule has 7 heteroatoms. The Kier molecular flexibility index (Phi) is 3.13. The van der Waals surface area contributed by atoms with Gasteiger partial charge in [-0.3, -0.25) is 4.72 Å². The van der Waals surface area contributed by atoms with Crippen LogP contribution in [0.25, 0.3) is 0 Å². The molecule has 0 fully saturated rings. The van der Waals surface area contributed by atoms with E-state index in [1.54, 1.807) is 13.0 Å². The van der Waals surface area contributed by atoms with Crippen LogP contribution in [0.4, 0.5) is 11.4 Å². The first kappa shape index (κ1) is 13.0. The van der Waals surface area contributed by atoms with Gasteiger partial charge in [0.05, 0.1) is 6.20 Å². The molecule has 0 amide bonds. The molecule has 1 aliphatic rings. The molecule has 0 atom stereocenters. The highest BCUT2D eigenvalue weighted by atomic mass is 32.2. The molecule has 3 N–H and O–H groups in total. The Hall–Kier alpha value is -2.02. The lowest BCUT2D eigenvalue weighted by atomic mass is 10.0. The van der Waals surface area contributed by atoms with Gasteiger partial charge in [-0.15, -0.1) is 0 Å². The van der Waals surface area contributed by atoms with Gasteiger partial charge in [-0.25, -0.2) is 4.98 Å². The third-order valence-electron chi connectivity index (χ3n) is 3.26. The molecule has 1 aliphatic heterocycles. The molecule has 1 aromatic carbocycles. The molecule has 0 bridgehead atoms. The molecule has 20 heavy (non-hydrogen) atoms. The summed E-state index contributed by atoms with van der Waals surface area (Å²) in [6, 6.07) is 5.55. The van der Waals surface area contributed by atoms with E-state index < -0.39 is 10.0 Å². The SMILES string of the molecule is Cc1ncc(S(=O)(=O)Nc2ccc3c(c2)CCCN3)[nH]1. The molecular formula is C13H16N4O2S. The van der Waals surface area contributed by atoms with Crippen LogP contribution in [0.15, 0.2) is 29.4 Å². The normalized spacial score (nSPS) is 14.4. The highest BCUT2D eigenvalue weighted by Gasteiger charge is 2.17. The molecule has 0 radical (unpaired) electrons. The zero-order chi connectivity index (χ0) is 14.2. The molecule has 0 saturated carbocycles. The fourth-order valence-corrected chi connectivity index (χ4v) is 3.30. The molecule has 0 unspecified atom stereocenters. The highest BCUT2D eigenvalue weighted by Crippen LogP contribution is 2.26. The Bertz CT molecular complexity index is 737. The first-order chi connectivity index (χ1) is 9.54. The topological polar surface area (TPSA) is 86.9 Å². The van der Waals surface area contributed by atoms with Crippen LogP contribution >= 0.6 is 0 Å². The number of fused-ring (bicyclic) bond motifs is 1. The first-order valence-electron chi connectivity index (χ1n) is 6.46. The average molecular weight is 292 g/mol. The van der Waals surface area contributed by atoms with Gasteiger partial charge in [0.2, 0.25) is 0 Å². The molecule has 0 saturated heterocycles. The van der Waals surface area contributed by atoms with Crippen molar-refractivity contribution in [3.8, 4) is 0 Å². The summed E-state index contributed by atoms with van der Waals surface area (Å²) < 4.78 is 26.9. The number of rotatable bonds is 3. The molecule has 106 valence electrons. The smallest absolute Gasteiger partial charge is 0.278 e. The van der Waals surface area contributed by atoms with Gasteiger partial charge in [-0.1, -0.05) is 0 Å². The van der Waals surface area contributed by atoms with E-state index in [9.17, 15) is 8.42 Å². The molecule has 0 aliphatic carbocycles. The number of imidazole rings is 1. The van der Waals surface area contributed by atoms with Gasteiger partial charge in [-0.2, -0.15) is 8.42 Å². The van der Waals surface area contributed by atoms with Crippen LogP contribution in [-0.4, -0.2) is 24.9 Å². The van der Waals surface area contributed by atoms with E-state index in [1.165, 1.54) is 6.20 Å². The number of nitrogens with zero attached hydrogens (tertiary/aromatic N) is 1. The lowest BCUT2D eigenvalue weighted by Gasteiger charge is -2.18. The van der Waals surface area contributed by atoms with Crippen LogP contribution in [0.1, 0.15) is 17.8 Å². The van der Waals surface area contributed by atoms with E-state index >= 15 is 0 Å². The zero-order valence-electron chi connectivity index (χ0n) is 11.1. The van der Waals surface area contributed by atoms with Crippen molar-refractivity contribution in [3.05, 3.63) is 35.8 Å². The first-order valence-corrected chi connectivity index (χ1v) is 7.94. The predicted octanol–water partition coefficient (Wildman–Crippen LogP) is 1.88. The Balaban J connectivity index is 1.87. The van der Waals surface area contributed by atoms with Crippen molar-refractivity contribution in [2.75, 3.05) is 16.6 Å². The summed E-state index contributed by atoms with van der Waals surface area (Å²) in [6.07, 6.45) is 3.33. The number of hydrogen-bond donors (Lipinski definition) is 3. The predicted molar refractivity (Wildman–Crippen MR) is 77.4 cm³/mol. The number of benzene rings is 1. The fourth-order valence-electron chi connectivity index (χ4n) is 2.28. The minimum Gasteiger partial charge on any atom is -0.385 e. The van der Waals surface area contributed by atoms with Gasteiger partial charge in [0.25, 0.3) is 10.0 Å². The van der Waals surface area contributed by atoms with Crippen molar-refractivity contribution in [2.45, 2.75) is 24.8 Å². The van der Waals surface area contributed by atoms with Crippen molar-refractivity contribution in [2.24, 2.45) is 0 Å². The lowest BCUT2D eigenvalue weighted by molar-refractivity contribution is 0.598. The number of hydrogen-bond acceptors (Lipinski definition) is 4. The summed E-state index contributed by atoms with van der Waals surface area (Å²) in [6.45, 7) is 2.68. The second-order valence-corrected chi connectivity index (χ2v) is 6.49. The number of aromatic nitrogens is 2. The summed E-state index contributed by atoms with van der Waals surface area (Å²) in [7, 11) is -3.61. The van der Waals surface area contributed by atoms with Gasteiger partial charge in [0.1, 0.15) is 5.82 Å². The van der Waals surface area contributed by atoms with Crippen LogP contribution in [0.2, 0.25) is 0 Å². The summed E-state index contributed by atoms with van der Waals surface area (Å²) in [5, 5.41) is 3.37. The largest absolute Gasteiger partial charge is 0.385 e. The number of nitrogens with one attached hydrogen (secondary N) is 3. The molecule has 2 heterocycles. The minimum absolute atomic E-state index is 0.0749. The summed E-state index contributed by atoms with van der Waals surface area (Å²) in [5.74, 6) is 0.569.